The molecule has 1 aliphatic carbocycles. The number of carbonyl (C=O) groups is 1. The third-order valence-corrected chi connectivity index (χ3v) is 4.02. The lowest BCUT2D eigenvalue weighted by atomic mass is 9.95. The van der Waals surface area contributed by atoms with Gasteiger partial charge in [0.1, 0.15) is 5.75 Å². The van der Waals surface area contributed by atoms with E-state index in [1.54, 1.807) is 6.20 Å². The van der Waals surface area contributed by atoms with Crippen LogP contribution in [-0.2, 0) is 9.53 Å². The molecule has 0 aromatic carbocycles. The van der Waals surface area contributed by atoms with E-state index in [4.69, 9.17) is 14.2 Å². The zero-order chi connectivity index (χ0) is 18.2. The fraction of sp³-hybridized carbons (Fsp3) is 0.684. The SMILES string of the molecule is CC(=O)N[C@@H](C)COC1CCC(Oc2ccc(OC(C)C)nc2)CC1. The highest BCUT2D eigenvalue weighted by molar-refractivity contribution is 5.73. The number of ether oxygens (including phenoxy) is 3. The molecule has 1 aromatic rings. The molecule has 1 fully saturated rings. The molecule has 1 aromatic heterocycles. The molecule has 0 unspecified atom stereocenters. The van der Waals surface area contributed by atoms with Crippen LogP contribution in [0.15, 0.2) is 18.3 Å². The minimum absolute atomic E-state index is 0.0216. The predicted molar refractivity (Wildman–Crippen MR) is 95.9 cm³/mol. The lowest BCUT2D eigenvalue weighted by Gasteiger charge is -2.29. The minimum Gasteiger partial charge on any atom is -0.489 e. The molecule has 2 rings (SSSR count). The maximum atomic E-state index is 11.0. The summed E-state index contributed by atoms with van der Waals surface area (Å²) in [7, 11) is 0. The van der Waals surface area contributed by atoms with Crippen LogP contribution >= 0.6 is 0 Å². The van der Waals surface area contributed by atoms with Crippen molar-refractivity contribution in [1.29, 1.82) is 0 Å². The summed E-state index contributed by atoms with van der Waals surface area (Å²) < 4.78 is 17.4. The molecule has 1 N–H and O–H groups in total. The third-order valence-electron chi connectivity index (χ3n) is 4.02. The molecule has 0 aliphatic heterocycles. The Morgan fingerprint density at radius 1 is 1.20 bits per heavy atom. The normalized spacial score (nSPS) is 21.6. The van der Waals surface area contributed by atoms with Gasteiger partial charge in [-0.1, -0.05) is 0 Å². The Morgan fingerprint density at radius 2 is 1.88 bits per heavy atom. The van der Waals surface area contributed by atoms with Crippen molar-refractivity contribution in [3.05, 3.63) is 18.3 Å². The smallest absolute Gasteiger partial charge is 0.217 e. The van der Waals surface area contributed by atoms with E-state index in [9.17, 15) is 4.79 Å². The monoisotopic (exact) mass is 350 g/mol. The first-order chi connectivity index (χ1) is 11.9. The number of hydrogen-bond donors (Lipinski definition) is 1. The predicted octanol–water partition coefficient (Wildman–Crippen LogP) is 3.10. The van der Waals surface area contributed by atoms with E-state index in [1.807, 2.05) is 32.9 Å². The molecule has 1 atom stereocenters. The van der Waals surface area contributed by atoms with E-state index in [-0.39, 0.29) is 30.3 Å². The van der Waals surface area contributed by atoms with Crippen molar-refractivity contribution in [1.82, 2.24) is 10.3 Å². The van der Waals surface area contributed by atoms with Crippen molar-refractivity contribution in [3.63, 3.8) is 0 Å². The first-order valence-electron chi connectivity index (χ1n) is 9.10. The second-order valence-electron chi connectivity index (χ2n) is 6.95. The van der Waals surface area contributed by atoms with Gasteiger partial charge in [0.2, 0.25) is 11.8 Å². The van der Waals surface area contributed by atoms with Crippen molar-refractivity contribution < 1.29 is 19.0 Å². The molecule has 0 radical (unpaired) electrons. The van der Waals surface area contributed by atoms with Crippen LogP contribution in [0.5, 0.6) is 11.6 Å². The van der Waals surface area contributed by atoms with Gasteiger partial charge in [-0.2, -0.15) is 0 Å². The average molecular weight is 350 g/mol. The first-order valence-corrected chi connectivity index (χ1v) is 9.10. The van der Waals surface area contributed by atoms with Gasteiger partial charge in [0.25, 0.3) is 0 Å². The lowest BCUT2D eigenvalue weighted by molar-refractivity contribution is -0.120. The summed E-state index contributed by atoms with van der Waals surface area (Å²) in [5, 5.41) is 2.83. The third kappa shape index (κ3) is 7.30. The summed E-state index contributed by atoms with van der Waals surface area (Å²) in [4.78, 5) is 15.3. The van der Waals surface area contributed by atoms with E-state index in [2.05, 4.69) is 10.3 Å². The maximum absolute atomic E-state index is 11.0. The van der Waals surface area contributed by atoms with E-state index in [0.29, 0.717) is 12.5 Å². The molecule has 0 spiro atoms. The second-order valence-corrected chi connectivity index (χ2v) is 6.95. The summed E-state index contributed by atoms with van der Waals surface area (Å²) in [6.07, 6.45) is 6.14. The van der Waals surface area contributed by atoms with E-state index < -0.39 is 0 Å². The Labute approximate surface area is 150 Å². The molecule has 1 aliphatic rings. The van der Waals surface area contributed by atoms with E-state index in [0.717, 1.165) is 31.4 Å². The molecule has 25 heavy (non-hydrogen) atoms. The standard InChI is InChI=1S/C19H30N2O4/c1-13(2)24-19-10-9-18(11-20-19)25-17-7-5-16(6-8-17)23-12-14(3)21-15(4)22/h9-11,13-14,16-17H,5-8,12H2,1-4H3,(H,21,22)/t14-,16?,17?/m0/s1. The number of nitrogens with zero attached hydrogens (tertiary/aromatic N) is 1. The van der Waals surface area contributed by atoms with Gasteiger partial charge in [-0.15, -0.1) is 0 Å². The highest BCUT2D eigenvalue weighted by Crippen LogP contribution is 2.26. The molecular formula is C19H30N2O4. The van der Waals surface area contributed by atoms with Crippen molar-refractivity contribution in [3.8, 4) is 11.6 Å². The quantitative estimate of drug-likeness (QED) is 0.780. The number of pyridine rings is 1. The molecule has 6 nitrogen and oxygen atoms in total. The Bertz CT molecular complexity index is 525. The zero-order valence-corrected chi connectivity index (χ0v) is 15.7. The number of rotatable bonds is 8. The Kier molecular flexibility index (Phi) is 7.50. The molecular weight excluding hydrogens is 320 g/mol. The molecule has 0 saturated heterocycles. The van der Waals surface area contributed by atoms with Crippen molar-refractivity contribution >= 4 is 5.91 Å². The van der Waals surface area contributed by atoms with Gasteiger partial charge < -0.3 is 19.5 Å². The molecule has 1 heterocycles. The largest absolute Gasteiger partial charge is 0.489 e. The lowest BCUT2D eigenvalue weighted by Crippen LogP contribution is -2.36. The number of hydrogen-bond acceptors (Lipinski definition) is 5. The molecule has 1 amide bonds. The topological polar surface area (TPSA) is 69.7 Å². The first kappa shape index (κ1) is 19.5. The van der Waals surface area contributed by atoms with Crippen molar-refractivity contribution in [2.75, 3.05) is 6.61 Å². The van der Waals surface area contributed by atoms with Gasteiger partial charge in [0.05, 0.1) is 31.1 Å². The fourth-order valence-electron chi connectivity index (χ4n) is 2.93. The number of carbonyl (C=O) groups excluding carboxylic acids is 1. The van der Waals surface area contributed by atoms with Crippen LogP contribution in [0.2, 0.25) is 0 Å². The van der Waals surface area contributed by atoms with E-state index >= 15 is 0 Å². The van der Waals surface area contributed by atoms with Crippen LogP contribution in [0.4, 0.5) is 0 Å². The van der Waals surface area contributed by atoms with E-state index in [1.165, 1.54) is 6.92 Å². The molecule has 140 valence electrons. The van der Waals surface area contributed by atoms with Crippen LogP contribution in [0, 0.1) is 0 Å². The Hall–Kier alpha value is -1.82. The van der Waals surface area contributed by atoms with Crippen molar-refractivity contribution in [2.45, 2.75) is 77.7 Å². The summed E-state index contributed by atoms with van der Waals surface area (Å²) in [6.45, 7) is 7.98. The second kappa shape index (κ2) is 9.61. The summed E-state index contributed by atoms with van der Waals surface area (Å²) in [5.41, 5.74) is 0. The van der Waals surface area contributed by atoms with Crippen LogP contribution in [0.25, 0.3) is 0 Å². The number of nitrogens with one attached hydrogen (secondary N) is 1. The summed E-state index contributed by atoms with van der Waals surface area (Å²) in [6, 6.07) is 3.79. The summed E-state index contributed by atoms with van der Waals surface area (Å²) >= 11 is 0. The highest BCUT2D eigenvalue weighted by Gasteiger charge is 2.23. The van der Waals surface area contributed by atoms with Crippen LogP contribution < -0.4 is 14.8 Å². The summed E-state index contributed by atoms with van der Waals surface area (Å²) in [5.74, 6) is 1.37. The van der Waals surface area contributed by atoms with Crippen LogP contribution in [-0.4, -0.2) is 41.9 Å². The van der Waals surface area contributed by atoms with Gasteiger partial charge in [0.15, 0.2) is 0 Å². The number of aromatic nitrogens is 1. The van der Waals surface area contributed by atoms with Gasteiger partial charge >= 0.3 is 0 Å². The van der Waals surface area contributed by atoms with Gasteiger partial charge in [0, 0.05) is 19.0 Å². The van der Waals surface area contributed by atoms with Crippen LogP contribution in [0.3, 0.4) is 0 Å². The average Bonchev–Trinajstić information content (AvgIpc) is 2.55. The molecule has 6 heteroatoms. The number of amides is 1. The fourth-order valence-corrected chi connectivity index (χ4v) is 2.93. The van der Waals surface area contributed by atoms with Gasteiger partial charge in [-0.25, -0.2) is 4.98 Å². The van der Waals surface area contributed by atoms with Crippen molar-refractivity contribution in [2.24, 2.45) is 0 Å². The van der Waals surface area contributed by atoms with Crippen LogP contribution in [0.1, 0.15) is 53.4 Å². The van der Waals surface area contributed by atoms with Gasteiger partial charge in [-0.3, -0.25) is 4.79 Å². The highest BCUT2D eigenvalue weighted by atomic mass is 16.5. The van der Waals surface area contributed by atoms with Gasteiger partial charge in [-0.05, 0) is 52.5 Å². The molecule has 0 bridgehead atoms. The Morgan fingerprint density at radius 3 is 2.44 bits per heavy atom. The minimum atomic E-state index is -0.0216. The zero-order valence-electron chi connectivity index (χ0n) is 15.7. The maximum Gasteiger partial charge on any atom is 0.217 e. The Balaban J connectivity index is 1.69. The molecule has 1 saturated carbocycles.